The van der Waals surface area contributed by atoms with Gasteiger partial charge in [-0.1, -0.05) is 23.7 Å². The van der Waals surface area contributed by atoms with Crippen molar-refractivity contribution in [3.8, 4) is 0 Å². The summed E-state index contributed by atoms with van der Waals surface area (Å²) >= 11 is 6.14. The van der Waals surface area contributed by atoms with Gasteiger partial charge in [-0.2, -0.15) is 13.2 Å². The molecule has 0 fully saturated rings. The minimum Gasteiger partial charge on any atom is -0.450 e. The molecule has 1 unspecified atom stereocenters. The van der Waals surface area contributed by atoms with Gasteiger partial charge in [-0.25, -0.2) is 4.79 Å². The van der Waals surface area contributed by atoms with Gasteiger partial charge in [0.05, 0.1) is 12.2 Å². The fourth-order valence-corrected chi connectivity index (χ4v) is 4.07. The molecule has 0 aliphatic carbocycles. The Morgan fingerprint density at radius 2 is 2.07 bits per heavy atom. The van der Waals surface area contributed by atoms with Gasteiger partial charge in [-0.15, -0.1) is 0 Å². The van der Waals surface area contributed by atoms with Crippen LogP contribution in [-0.4, -0.2) is 29.1 Å². The smallest absolute Gasteiger partial charge is 0.416 e. The van der Waals surface area contributed by atoms with Gasteiger partial charge < -0.3 is 9.72 Å². The third-order valence-electron chi connectivity index (χ3n) is 5.12. The van der Waals surface area contributed by atoms with Crippen LogP contribution >= 0.6 is 11.6 Å². The number of hydrogen-bond acceptors (Lipinski definition) is 2. The Labute approximate surface area is 170 Å². The number of nitrogens with one attached hydrogen (secondary N) is 1. The Hall–Kier alpha value is -2.67. The fraction of sp³-hybridized carbons (Fsp3) is 0.286. The molecule has 4 nitrogen and oxygen atoms in total. The summed E-state index contributed by atoms with van der Waals surface area (Å²) in [6.07, 6.45) is -4.49. The molecule has 0 radical (unpaired) electrons. The van der Waals surface area contributed by atoms with Gasteiger partial charge in [0.2, 0.25) is 0 Å². The van der Waals surface area contributed by atoms with Crippen LogP contribution in [0.1, 0.15) is 35.3 Å². The number of aromatic nitrogens is 1. The summed E-state index contributed by atoms with van der Waals surface area (Å²) in [5, 5.41) is 1.48. The molecule has 2 heterocycles. The van der Waals surface area contributed by atoms with Gasteiger partial charge in [0.25, 0.3) is 0 Å². The van der Waals surface area contributed by atoms with Crippen molar-refractivity contribution >= 4 is 28.6 Å². The van der Waals surface area contributed by atoms with Crippen LogP contribution in [0.15, 0.2) is 42.5 Å². The molecule has 1 atom stereocenters. The second kappa shape index (κ2) is 7.30. The van der Waals surface area contributed by atoms with Gasteiger partial charge in [0, 0.05) is 28.2 Å². The number of aromatic amines is 1. The van der Waals surface area contributed by atoms with Crippen molar-refractivity contribution in [3.05, 3.63) is 69.9 Å². The average Bonchev–Trinajstić information content (AvgIpc) is 3.04. The number of alkyl halides is 3. The Morgan fingerprint density at radius 1 is 1.28 bits per heavy atom. The van der Waals surface area contributed by atoms with Crippen LogP contribution < -0.4 is 0 Å². The van der Waals surface area contributed by atoms with Crippen molar-refractivity contribution in [2.45, 2.75) is 25.6 Å². The molecule has 1 amide bonds. The SMILES string of the molecule is CCOC(=O)N1CCc2c([nH]c3ccc(Cl)cc23)C1c1cccc(C(F)(F)F)c1. The molecule has 0 saturated heterocycles. The quantitative estimate of drug-likeness (QED) is 0.555. The summed E-state index contributed by atoms with van der Waals surface area (Å²) in [5.74, 6) is 0. The van der Waals surface area contributed by atoms with E-state index in [9.17, 15) is 18.0 Å². The first-order valence-corrected chi connectivity index (χ1v) is 9.58. The lowest BCUT2D eigenvalue weighted by Crippen LogP contribution is -2.41. The van der Waals surface area contributed by atoms with E-state index in [1.54, 1.807) is 19.1 Å². The maximum atomic E-state index is 13.3. The van der Waals surface area contributed by atoms with Crippen molar-refractivity contribution in [3.63, 3.8) is 0 Å². The summed E-state index contributed by atoms with van der Waals surface area (Å²) in [6.45, 7) is 2.20. The van der Waals surface area contributed by atoms with E-state index < -0.39 is 23.9 Å². The molecular formula is C21H18ClF3N2O2. The number of amides is 1. The molecule has 4 rings (SSSR count). The highest BCUT2D eigenvalue weighted by Crippen LogP contribution is 2.40. The molecule has 1 aliphatic rings. The van der Waals surface area contributed by atoms with E-state index in [0.29, 0.717) is 29.2 Å². The molecule has 1 N–H and O–H groups in total. The van der Waals surface area contributed by atoms with Crippen LogP contribution in [0.3, 0.4) is 0 Å². The van der Waals surface area contributed by atoms with Gasteiger partial charge in [0.15, 0.2) is 0 Å². The highest BCUT2D eigenvalue weighted by Gasteiger charge is 2.37. The Kier molecular flexibility index (Phi) is 4.94. The number of halogens is 4. The first kappa shape index (κ1) is 19.6. The minimum atomic E-state index is -4.48. The van der Waals surface area contributed by atoms with Crippen LogP contribution in [-0.2, 0) is 17.3 Å². The van der Waals surface area contributed by atoms with E-state index in [0.717, 1.165) is 28.6 Å². The van der Waals surface area contributed by atoms with Gasteiger partial charge in [-0.3, -0.25) is 4.90 Å². The monoisotopic (exact) mass is 422 g/mol. The molecule has 1 aromatic heterocycles. The predicted octanol–water partition coefficient (Wildman–Crippen LogP) is 5.94. The number of nitrogens with zero attached hydrogens (tertiary/aromatic N) is 1. The van der Waals surface area contributed by atoms with E-state index in [2.05, 4.69) is 4.98 Å². The number of hydrogen-bond donors (Lipinski definition) is 1. The van der Waals surface area contributed by atoms with Crippen LogP contribution in [0.2, 0.25) is 5.02 Å². The van der Waals surface area contributed by atoms with E-state index in [1.807, 2.05) is 12.1 Å². The van der Waals surface area contributed by atoms with Crippen molar-refractivity contribution in [1.82, 2.24) is 9.88 Å². The zero-order valence-electron chi connectivity index (χ0n) is 15.5. The molecule has 2 aromatic carbocycles. The summed E-state index contributed by atoms with van der Waals surface area (Å²) in [4.78, 5) is 17.3. The van der Waals surface area contributed by atoms with Gasteiger partial charge in [-0.05, 0) is 54.8 Å². The minimum absolute atomic E-state index is 0.180. The standard InChI is InChI=1S/C21H18ClF3N2O2/c1-2-29-20(28)27-9-8-15-16-11-14(22)6-7-17(16)26-18(15)19(27)12-4-3-5-13(10-12)21(23,24)25/h3-7,10-11,19,26H,2,8-9H2,1H3. The van der Waals surface area contributed by atoms with Crippen molar-refractivity contribution in [1.29, 1.82) is 0 Å². The van der Waals surface area contributed by atoms with Crippen LogP contribution in [0, 0.1) is 0 Å². The Balaban J connectivity index is 1.89. The molecule has 3 aromatic rings. The number of ether oxygens (including phenoxy) is 1. The lowest BCUT2D eigenvalue weighted by molar-refractivity contribution is -0.137. The van der Waals surface area contributed by atoms with Gasteiger partial charge >= 0.3 is 12.3 Å². The summed E-state index contributed by atoms with van der Waals surface area (Å²) in [7, 11) is 0. The van der Waals surface area contributed by atoms with Crippen molar-refractivity contribution in [2.24, 2.45) is 0 Å². The number of rotatable bonds is 2. The first-order valence-electron chi connectivity index (χ1n) is 9.20. The van der Waals surface area contributed by atoms with E-state index in [4.69, 9.17) is 16.3 Å². The summed E-state index contributed by atoms with van der Waals surface area (Å²) < 4.78 is 45.0. The average molecular weight is 423 g/mol. The lowest BCUT2D eigenvalue weighted by atomic mass is 9.92. The fourth-order valence-electron chi connectivity index (χ4n) is 3.90. The van der Waals surface area contributed by atoms with Crippen molar-refractivity contribution < 1.29 is 22.7 Å². The molecule has 0 bridgehead atoms. The maximum absolute atomic E-state index is 13.3. The zero-order chi connectivity index (χ0) is 20.8. The third-order valence-corrected chi connectivity index (χ3v) is 5.36. The molecule has 1 aliphatic heterocycles. The molecule has 29 heavy (non-hydrogen) atoms. The highest BCUT2D eigenvalue weighted by molar-refractivity contribution is 6.31. The normalized spacial score (nSPS) is 16.7. The molecule has 8 heteroatoms. The second-order valence-corrected chi connectivity index (χ2v) is 7.31. The molecule has 0 spiro atoms. The molecule has 0 saturated carbocycles. The molecular weight excluding hydrogens is 405 g/mol. The lowest BCUT2D eigenvalue weighted by Gasteiger charge is -2.35. The largest absolute Gasteiger partial charge is 0.450 e. The number of fused-ring (bicyclic) bond motifs is 3. The molecule has 152 valence electrons. The van der Waals surface area contributed by atoms with Crippen LogP contribution in [0.4, 0.5) is 18.0 Å². The first-order chi connectivity index (χ1) is 13.8. The Morgan fingerprint density at radius 3 is 2.79 bits per heavy atom. The Bertz CT molecular complexity index is 1080. The zero-order valence-corrected chi connectivity index (χ0v) is 16.3. The summed E-state index contributed by atoms with van der Waals surface area (Å²) in [6, 6.07) is 9.75. The topological polar surface area (TPSA) is 45.3 Å². The van der Waals surface area contributed by atoms with Crippen molar-refractivity contribution in [2.75, 3.05) is 13.2 Å². The number of carbonyl (C=O) groups is 1. The number of carbonyl (C=O) groups excluding carboxylic acids is 1. The number of benzene rings is 2. The maximum Gasteiger partial charge on any atom is 0.416 e. The van der Waals surface area contributed by atoms with E-state index in [1.165, 1.54) is 11.0 Å². The van der Waals surface area contributed by atoms with Crippen LogP contribution in [0.25, 0.3) is 10.9 Å². The third kappa shape index (κ3) is 3.55. The number of H-pyrrole nitrogens is 1. The predicted molar refractivity (Wildman–Crippen MR) is 104 cm³/mol. The van der Waals surface area contributed by atoms with E-state index in [-0.39, 0.29) is 6.61 Å². The second-order valence-electron chi connectivity index (χ2n) is 6.88. The highest BCUT2D eigenvalue weighted by atomic mass is 35.5. The van der Waals surface area contributed by atoms with Gasteiger partial charge in [0.1, 0.15) is 6.04 Å². The summed E-state index contributed by atoms with van der Waals surface area (Å²) in [5.41, 5.74) is 2.06. The van der Waals surface area contributed by atoms with Crippen LogP contribution in [0.5, 0.6) is 0 Å². The van der Waals surface area contributed by atoms with E-state index >= 15 is 0 Å².